The SMILES string of the molecule is CN=C(NCCCc1nc(C)cs1)NCC(C)(C)c1cccc(F)c1. The molecule has 1 aromatic heterocycles. The van der Waals surface area contributed by atoms with E-state index in [0.29, 0.717) is 6.54 Å². The molecule has 0 bridgehead atoms. The Morgan fingerprint density at radius 3 is 2.76 bits per heavy atom. The average Bonchev–Trinajstić information content (AvgIpc) is 2.99. The van der Waals surface area contributed by atoms with Crippen LogP contribution in [-0.2, 0) is 11.8 Å². The first-order chi connectivity index (χ1) is 11.9. The predicted octanol–water partition coefficient (Wildman–Crippen LogP) is 3.67. The summed E-state index contributed by atoms with van der Waals surface area (Å²) in [4.78, 5) is 8.73. The Morgan fingerprint density at radius 1 is 1.32 bits per heavy atom. The van der Waals surface area contributed by atoms with Crippen LogP contribution in [0.1, 0.15) is 36.5 Å². The summed E-state index contributed by atoms with van der Waals surface area (Å²) in [5, 5.41) is 9.91. The van der Waals surface area contributed by atoms with Crippen molar-refractivity contribution in [3.8, 4) is 0 Å². The largest absolute Gasteiger partial charge is 0.356 e. The normalized spacial score (nSPS) is 12.3. The first-order valence-electron chi connectivity index (χ1n) is 8.52. The van der Waals surface area contributed by atoms with Gasteiger partial charge in [0.05, 0.1) is 5.01 Å². The van der Waals surface area contributed by atoms with Crippen LogP contribution in [0.25, 0.3) is 0 Å². The minimum atomic E-state index is -0.203. The van der Waals surface area contributed by atoms with Crippen LogP contribution >= 0.6 is 11.3 Å². The third kappa shape index (κ3) is 6.12. The van der Waals surface area contributed by atoms with Crippen LogP contribution < -0.4 is 10.6 Å². The van der Waals surface area contributed by atoms with E-state index in [0.717, 1.165) is 36.6 Å². The predicted molar refractivity (Wildman–Crippen MR) is 104 cm³/mol. The van der Waals surface area contributed by atoms with E-state index in [-0.39, 0.29) is 11.2 Å². The molecule has 0 radical (unpaired) electrons. The lowest BCUT2D eigenvalue weighted by atomic mass is 9.84. The quantitative estimate of drug-likeness (QED) is 0.449. The van der Waals surface area contributed by atoms with Gasteiger partial charge in [0.1, 0.15) is 5.82 Å². The average molecular weight is 363 g/mol. The molecule has 136 valence electrons. The Balaban J connectivity index is 1.77. The molecule has 0 fully saturated rings. The van der Waals surface area contributed by atoms with Gasteiger partial charge < -0.3 is 10.6 Å². The molecule has 2 rings (SSSR count). The number of aliphatic imine (C=N–C) groups is 1. The number of nitrogens with zero attached hydrogens (tertiary/aromatic N) is 2. The van der Waals surface area contributed by atoms with Gasteiger partial charge in [-0.15, -0.1) is 11.3 Å². The van der Waals surface area contributed by atoms with E-state index in [9.17, 15) is 4.39 Å². The maximum atomic E-state index is 13.4. The van der Waals surface area contributed by atoms with Gasteiger partial charge in [0, 0.05) is 43.0 Å². The maximum absolute atomic E-state index is 13.4. The van der Waals surface area contributed by atoms with Crippen molar-refractivity contribution in [2.24, 2.45) is 4.99 Å². The summed E-state index contributed by atoms with van der Waals surface area (Å²) in [5.41, 5.74) is 1.86. The second kappa shape index (κ2) is 8.94. The van der Waals surface area contributed by atoms with Crippen LogP contribution in [0, 0.1) is 12.7 Å². The Labute approximate surface area is 153 Å². The lowest BCUT2D eigenvalue weighted by Gasteiger charge is -2.26. The van der Waals surface area contributed by atoms with Crippen LogP contribution in [-0.4, -0.2) is 31.1 Å². The minimum Gasteiger partial charge on any atom is -0.356 e. The molecule has 0 saturated heterocycles. The Bertz CT molecular complexity index is 709. The molecule has 1 aromatic carbocycles. The lowest BCUT2D eigenvalue weighted by molar-refractivity contribution is 0.503. The van der Waals surface area contributed by atoms with Crippen molar-refractivity contribution >= 4 is 17.3 Å². The molecule has 0 atom stereocenters. The number of hydrogen-bond acceptors (Lipinski definition) is 3. The highest BCUT2D eigenvalue weighted by Gasteiger charge is 2.21. The molecule has 1 heterocycles. The third-order valence-corrected chi connectivity index (χ3v) is 5.08. The summed E-state index contributed by atoms with van der Waals surface area (Å²) < 4.78 is 13.4. The number of benzene rings is 1. The molecule has 0 aliphatic rings. The summed E-state index contributed by atoms with van der Waals surface area (Å²) >= 11 is 1.71. The van der Waals surface area contributed by atoms with Crippen molar-refractivity contribution < 1.29 is 4.39 Å². The topological polar surface area (TPSA) is 49.3 Å². The molecule has 0 aliphatic carbocycles. The summed E-state index contributed by atoms with van der Waals surface area (Å²) in [6.07, 6.45) is 1.97. The molecule has 6 heteroatoms. The van der Waals surface area contributed by atoms with Crippen molar-refractivity contribution in [3.05, 3.63) is 51.7 Å². The summed E-state index contributed by atoms with van der Waals surface area (Å²) in [6, 6.07) is 6.77. The van der Waals surface area contributed by atoms with E-state index < -0.39 is 0 Å². The lowest BCUT2D eigenvalue weighted by Crippen LogP contribution is -2.43. The van der Waals surface area contributed by atoms with Crippen LogP contribution in [0.5, 0.6) is 0 Å². The summed E-state index contributed by atoms with van der Waals surface area (Å²) in [5.74, 6) is 0.560. The summed E-state index contributed by atoms with van der Waals surface area (Å²) in [7, 11) is 1.76. The molecule has 0 saturated carbocycles. The number of guanidine groups is 1. The highest BCUT2D eigenvalue weighted by atomic mass is 32.1. The molecule has 0 amide bonds. The number of nitrogens with one attached hydrogen (secondary N) is 2. The van der Waals surface area contributed by atoms with E-state index in [4.69, 9.17) is 0 Å². The van der Waals surface area contributed by atoms with Gasteiger partial charge in [-0.2, -0.15) is 0 Å². The van der Waals surface area contributed by atoms with E-state index in [1.165, 1.54) is 11.1 Å². The molecule has 0 unspecified atom stereocenters. The third-order valence-electron chi connectivity index (χ3n) is 4.05. The fourth-order valence-electron chi connectivity index (χ4n) is 2.50. The van der Waals surface area contributed by atoms with Crippen LogP contribution in [0.15, 0.2) is 34.6 Å². The number of thiazole rings is 1. The van der Waals surface area contributed by atoms with E-state index in [1.54, 1.807) is 30.5 Å². The zero-order valence-electron chi connectivity index (χ0n) is 15.4. The first-order valence-corrected chi connectivity index (χ1v) is 9.40. The number of hydrogen-bond donors (Lipinski definition) is 2. The zero-order chi connectivity index (χ0) is 18.3. The number of rotatable bonds is 7. The highest BCUT2D eigenvalue weighted by molar-refractivity contribution is 7.09. The van der Waals surface area contributed by atoms with Gasteiger partial charge in [-0.25, -0.2) is 9.37 Å². The van der Waals surface area contributed by atoms with Crippen molar-refractivity contribution in [3.63, 3.8) is 0 Å². The van der Waals surface area contributed by atoms with Gasteiger partial charge in [0.25, 0.3) is 0 Å². The van der Waals surface area contributed by atoms with E-state index in [2.05, 4.69) is 39.8 Å². The Morgan fingerprint density at radius 2 is 2.12 bits per heavy atom. The van der Waals surface area contributed by atoms with Crippen molar-refractivity contribution in [1.29, 1.82) is 0 Å². The molecule has 2 N–H and O–H groups in total. The smallest absolute Gasteiger partial charge is 0.191 e. The van der Waals surface area contributed by atoms with Crippen molar-refractivity contribution in [1.82, 2.24) is 15.6 Å². The molecule has 2 aromatic rings. The van der Waals surface area contributed by atoms with E-state index >= 15 is 0 Å². The van der Waals surface area contributed by atoms with Gasteiger partial charge in [0.2, 0.25) is 0 Å². The second-order valence-corrected chi connectivity index (χ2v) is 7.68. The minimum absolute atomic E-state index is 0.196. The van der Waals surface area contributed by atoms with Gasteiger partial charge >= 0.3 is 0 Å². The van der Waals surface area contributed by atoms with Crippen molar-refractivity contribution in [2.75, 3.05) is 20.1 Å². The first kappa shape index (κ1) is 19.4. The summed E-state index contributed by atoms with van der Waals surface area (Å²) in [6.45, 7) is 7.70. The molecule has 4 nitrogen and oxygen atoms in total. The molecular formula is C19H27FN4S. The molecule has 0 aliphatic heterocycles. The highest BCUT2D eigenvalue weighted by Crippen LogP contribution is 2.22. The van der Waals surface area contributed by atoms with Crippen LogP contribution in [0.3, 0.4) is 0 Å². The van der Waals surface area contributed by atoms with Crippen LogP contribution in [0.2, 0.25) is 0 Å². The Hall–Kier alpha value is -1.95. The standard InChI is InChI=1S/C19H27FN4S/c1-14-12-25-17(24-14)9-6-10-22-18(21-4)23-13-19(2,3)15-7-5-8-16(20)11-15/h5,7-8,11-12H,6,9-10,13H2,1-4H3,(H2,21,22,23). The molecular weight excluding hydrogens is 335 g/mol. The molecule has 25 heavy (non-hydrogen) atoms. The van der Waals surface area contributed by atoms with Gasteiger partial charge in [-0.3, -0.25) is 4.99 Å². The van der Waals surface area contributed by atoms with Crippen molar-refractivity contribution in [2.45, 2.75) is 39.0 Å². The second-order valence-electron chi connectivity index (χ2n) is 6.73. The number of halogens is 1. The van der Waals surface area contributed by atoms with Gasteiger partial charge in [-0.05, 0) is 31.0 Å². The van der Waals surface area contributed by atoms with E-state index in [1.807, 2.05) is 13.0 Å². The van der Waals surface area contributed by atoms with Gasteiger partial charge in [-0.1, -0.05) is 26.0 Å². The Kier molecular flexibility index (Phi) is 6.93. The number of aromatic nitrogens is 1. The molecule has 0 spiro atoms. The fraction of sp³-hybridized carbons (Fsp3) is 0.474. The monoisotopic (exact) mass is 362 g/mol. The maximum Gasteiger partial charge on any atom is 0.191 e. The van der Waals surface area contributed by atoms with Crippen LogP contribution in [0.4, 0.5) is 4.39 Å². The fourth-order valence-corrected chi connectivity index (χ4v) is 3.32. The van der Waals surface area contributed by atoms with Gasteiger partial charge in [0.15, 0.2) is 5.96 Å². The number of aryl methyl sites for hydroxylation is 2. The zero-order valence-corrected chi connectivity index (χ0v) is 16.2.